The number of halogens is 2. The second kappa shape index (κ2) is 7.52. The zero-order valence-electron chi connectivity index (χ0n) is 17.1. The van der Waals surface area contributed by atoms with Gasteiger partial charge in [-0.2, -0.15) is 4.98 Å². The first kappa shape index (κ1) is 20.1. The van der Waals surface area contributed by atoms with E-state index in [0.717, 1.165) is 29.6 Å². The summed E-state index contributed by atoms with van der Waals surface area (Å²) in [5.74, 6) is 1.65. The summed E-state index contributed by atoms with van der Waals surface area (Å²) in [6.07, 6.45) is 1.50. The Hall–Kier alpha value is -3.51. The highest BCUT2D eigenvalue weighted by atomic mass is 32.1. The molecule has 0 spiro atoms. The molecule has 0 amide bonds. The summed E-state index contributed by atoms with van der Waals surface area (Å²) in [6.45, 7) is 0.847. The number of ether oxygens (including phenoxy) is 2. The average Bonchev–Trinajstić information content (AvgIpc) is 3.57. The zero-order chi connectivity index (χ0) is 22.6. The van der Waals surface area contributed by atoms with Gasteiger partial charge in [-0.25, -0.2) is 9.97 Å². The van der Waals surface area contributed by atoms with Crippen molar-refractivity contribution in [3.05, 3.63) is 42.2 Å². The van der Waals surface area contributed by atoms with Crippen molar-refractivity contribution in [1.82, 2.24) is 19.5 Å². The van der Waals surface area contributed by atoms with Gasteiger partial charge in [0, 0.05) is 12.6 Å². The molecule has 12 heteroatoms. The number of thiophene rings is 1. The fraction of sp³-hybridized carbons (Fsp3) is 0.286. The van der Waals surface area contributed by atoms with E-state index in [1.807, 2.05) is 16.3 Å². The number of aliphatic hydroxyl groups is 1. The van der Waals surface area contributed by atoms with Gasteiger partial charge in [-0.1, -0.05) is 0 Å². The standard InChI is InChI=1S/C21H18F2N6O3S/c22-21(23)31-15-4-3-12(8-16(15)32-21)28-9-17(24-11-28)25-18-14-5-7-33-19(14)27-20(26-18)29-6-1-2-13(29)10-30/h3-5,7-9,11,13,30H,1-2,6,10H2,(H,25,26,27)/t13-/m0/s1. The van der Waals surface area contributed by atoms with Crippen LogP contribution in [0.15, 0.2) is 42.2 Å². The number of hydrogen-bond acceptors (Lipinski definition) is 9. The molecule has 6 rings (SSSR count). The van der Waals surface area contributed by atoms with Crippen LogP contribution in [0.25, 0.3) is 15.9 Å². The van der Waals surface area contributed by atoms with Crippen LogP contribution in [0.2, 0.25) is 0 Å². The Morgan fingerprint density at radius 2 is 2.09 bits per heavy atom. The van der Waals surface area contributed by atoms with Gasteiger partial charge in [0.15, 0.2) is 11.5 Å². The molecule has 0 bridgehead atoms. The third kappa shape index (κ3) is 3.60. The first-order valence-electron chi connectivity index (χ1n) is 10.3. The Labute approximate surface area is 190 Å². The topological polar surface area (TPSA) is 97.6 Å². The number of anilines is 3. The van der Waals surface area contributed by atoms with Crippen molar-refractivity contribution in [3.63, 3.8) is 0 Å². The lowest BCUT2D eigenvalue weighted by atomic mass is 10.2. The molecule has 2 aliphatic rings. The third-order valence-corrected chi connectivity index (χ3v) is 6.48. The Morgan fingerprint density at radius 1 is 1.21 bits per heavy atom. The van der Waals surface area contributed by atoms with Gasteiger partial charge in [-0.3, -0.25) is 0 Å². The van der Waals surface area contributed by atoms with E-state index in [4.69, 9.17) is 4.98 Å². The number of imidazole rings is 1. The SMILES string of the molecule is OC[C@@H]1CCCN1c1nc(Nc2cn(-c3ccc4c(c3)OC(F)(F)O4)cn2)c2ccsc2n1. The van der Waals surface area contributed by atoms with Gasteiger partial charge in [0.25, 0.3) is 0 Å². The molecule has 1 saturated heterocycles. The van der Waals surface area contributed by atoms with E-state index in [1.165, 1.54) is 23.5 Å². The second-order valence-electron chi connectivity index (χ2n) is 7.77. The van der Waals surface area contributed by atoms with Crippen molar-refractivity contribution in [2.24, 2.45) is 0 Å². The van der Waals surface area contributed by atoms with Crippen LogP contribution in [0.3, 0.4) is 0 Å². The summed E-state index contributed by atoms with van der Waals surface area (Å²) in [4.78, 5) is 16.7. The van der Waals surface area contributed by atoms with Gasteiger partial charge in [0.1, 0.15) is 22.8 Å². The van der Waals surface area contributed by atoms with Crippen molar-refractivity contribution < 1.29 is 23.4 Å². The van der Waals surface area contributed by atoms with Gasteiger partial charge < -0.3 is 29.4 Å². The lowest BCUT2D eigenvalue weighted by molar-refractivity contribution is -0.286. The molecule has 33 heavy (non-hydrogen) atoms. The van der Waals surface area contributed by atoms with Gasteiger partial charge in [0.2, 0.25) is 5.95 Å². The number of aromatic nitrogens is 4. The first-order chi connectivity index (χ1) is 16.0. The number of nitrogens with zero attached hydrogens (tertiary/aromatic N) is 5. The highest BCUT2D eigenvalue weighted by Crippen LogP contribution is 2.42. The minimum absolute atomic E-state index is 0.00727. The number of alkyl halides is 2. The number of nitrogens with one attached hydrogen (secondary N) is 1. The summed E-state index contributed by atoms with van der Waals surface area (Å²) in [6, 6.07) is 6.47. The number of hydrogen-bond donors (Lipinski definition) is 2. The van der Waals surface area contributed by atoms with Gasteiger partial charge in [0.05, 0.1) is 29.9 Å². The van der Waals surface area contributed by atoms with Crippen LogP contribution in [0.1, 0.15) is 12.8 Å². The fourth-order valence-corrected chi connectivity index (χ4v) is 4.86. The molecule has 0 unspecified atom stereocenters. The normalized spacial score (nSPS) is 18.9. The van der Waals surface area contributed by atoms with Gasteiger partial charge in [-0.05, 0) is 36.4 Å². The summed E-state index contributed by atoms with van der Waals surface area (Å²) < 4.78 is 37.3. The molecule has 0 radical (unpaired) electrons. The van der Waals surface area contributed by atoms with Crippen LogP contribution in [-0.4, -0.2) is 50.1 Å². The molecule has 2 aliphatic heterocycles. The Morgan fingerprint density at radius 3 is 2.97 bits per heavy atom. The minimum Gasteiger partial charge on any atom is -0.395 e. The van der Waals surface area contributed by atoms with Crippen LogP contribution in [0, 0.1) is 0 Å². The molecule has 1 aromatic carbocycles. The Balaban J connectivity index is 1.30. The third-order valence-electron chi connectivity index (χ3n) is 5.67. The van der Waals surface area contributed by atoms with Crippen molar-refractivity contribution in [2.45, 2.75) is 25.2 Å². The molecule has 3 aromatic heterocycles. The van der Waals surface area contributed by atoms with E-state index in [9.17, 15) is 13.9 Å². The molecular formula is C21H18F2N6O3S. The predicted octanol–water partition coefficient (Wildman–Crippen LogP) is 3.90. The smallest absolute Gasteiger partial charge is 0.395 e. The van der Waals surface area contributed by atoms with Crippen molar-refractivity contribution >= 4 is 39.1 Å². The fourth-order valence-electron chi connectivity index (χ4n) is 4.10. The van der Waals surface area contributed by atoms with E-state index in [2.05, 4.69) is 24.8 Å². The first-order valence-corrected chi connectivity index (χ1v) is 11.2. The molecule has 1 atom stereocenters. The highest BCUT2D eigenvalue weighted by molar-refractivity contribution is 7.16. The maximum Gasteiger partial charge on any atom is 0.586 e. The second-order valence-corrected chi connectivity index (χ2v) is 8.67. The molecule has 0 saturated carbocycles. The summed E-state index contributed by atoms with van der Waals surface area (Å²) in [5.41, 5.74) is 0.586. The largest absolute Gasteiger partial charge is 0.586 e. The number of fused-ring (bicyclic) bond motifs is 2. The van der Waals surface area contributed by atoms with Crippen LogP contribution in [-0.2, 0) is 0 Å². The van der Waals surface area contributed by atoms with E-state index >= 15 is 0 Å². The average molecular weight is 472 g/mol. The summed E-state index contributed by atoms with van der Waals surface area (Å²) >= 11 is 1.51. The molecule has 5 heterocycles. The predicted molar refractivity (Wildman–Crippen MR) is 118 cm³/mol. The Bertz CT molecular complexity index is 1340. The molecule has 0 aliphatic carbocycles. The van der Waals surface area contributed by atoms with Crippen LogP contribution < -0.4 is 19.7 Å². The number of benzene rings is 1. The molecule has 9 nitrogen and oxygen atoms in total. The zero-order valence-corrected chi connectivity index (χ0v) is 17.9. The van der Waals surface area contributed by atoms with Crippen molar-refractivity contribution in [3.8, 4) is 17.2 Å². The maximum absolute atomic E-state index is 13.3. The Kier molecular flexibility index (Phi) is 4.59. The number of rotatable bonds is 5. The van der Waals surface area contributed by atoms with Crippen molar-refractivity contribution in [1.29, 1.82) is 0 Å². The molecular weight excluding hydrogens is 454 g/mol. The van der Waals surface area contributed by atoms with Gasteiger partial charge >= 0.3 is 6.29 Å². The maximum atomic E-state index is 13.3. The van der Waals surface area contributed by atoms with Crippen LogP contribution >= 0.6 is 11.3 Å². The van der Waals surface area contributed by atoms with Gasteiger partial charge in [-0.15, -0.1) is 20.1 Å². The lowest BCUT2D eigenvalue weighted by Crippen LogP contribution is -2.33. The van der Waals surface area contributed by atoms with E-state index < -0.39 is 6.29 Å². The van der Waals surface area contributed by atoms with Crippen LogP contribution in [0.5, 0.6) is 11.5 Å². The summed E-state index contributed by atoms with van der Waals surface area (Å²) in [5, 5.41) is 15.7. The van der Waals surface area contributed by atoms with E-state index in [0.29, 0.717) is 23.3 Å². The number of aliphatic hydroxyl groups excluding tert-OH is 1. The molecule has 4 aromatic rings. The minimum atomic E-state index is -3.66. The monoisotopic (exact) mass is 472 g/mol. The molecule has 170 valence electrons. The lowest BCUT2D eigenvalue weighted by Gasteiger charge is -2.23. The molecule has 2 N–H and O–H groups in total. The van der Waals surface area contributed by atoms with Crippen molar-refractivity contribution in [2.75, 3.05) is 23.4 Å². The van der Waals surface area contributed by atoms with E-state index in [-0.39, 0.29) is 24.1 Å². The highest BCUT2D eigenvalue weighted by Gasteiger charge is 2.43. The van der Waals surface area contributed by atoms with E-state index in [1.54, 1.807) is 23.2 Å². The summed E-state index contributed by atoms with van der Waals surface area (Å²) in [7, 11) is 0. The van der Waals surface area contributed by atoms with Crippen LogP contribution in [0.4, 0.5) is 26.4 Å². The molecule has 1 fully saturated rings. The quantitative estimate of drug-likeness (QED) is 0.451.